The Bertz CT molecular complexity index is 1190. The zero-order valence-corrected chi connectivity index (χ0v) is 48.4. The van der Waals surface area contributed by atoms with Gasteiger partial charge in [-0.25, -0.2) is 4.57 Å². The first-order valence-corrected chi connectivity index (χ1v) is 32.2. The standard InChI is InChI=1S/C61H121N2O6P/c1-6-8-10-12-14-16-18-20-22-24-26-27-28-29-30-31-32-33-34-35-37-39-41-43-45-47-49-51-53-55-61(65)62-59(58-69-70(66,67)68-57-56-63(3,4)5)60(64)54-52-50-48-46-44-42-40-38-36-25-23-21-19-17-15-13-11-9-7-2/h24,26,52,54,59-60,64H,6-23,25,27-51,53,55-58H2,1-5H3,(H-,62,65,66,67)/p+1/b26-24-,54-52+. The molecule has 3 N–H and O–H groups in total. The smallest absolute Gasteiger partial charge is 0.387 e. The number of allylic oxidation sites excluding steroid dienone is 3. The summed E-state index contributed by atoms with van der Waals surface area (Å²) in [5, 5.41) is 14.0. The van der Waals surface area contributed by atoms with Gasteiger partial charge in [-0.1, -0.05) is 282 Å². The van der Waals surface area contributed by atoms with Crippen molar-refractivity contribution in [1.29, 1.82) is 0 Å². The number of hydrogen-bond acceptors (Lipinski definition) is 5. The molecule has 3 unspecified atom stereocenters. The summed E-state index contributed by atoms with van der Waals surface area (Å²) in [5.74, 6) is -0.171. The molecule has 9 heteroatoms. The molecule has 0 aromatic heterocycles. The van der Waals surface area contributed by atoms with Gasteiger partial charge in [-0.15, -0.1) is 0 Å². The van der Waals surface area contributed by atoms with Crippen LogP contribution in [0.1, 0.15) is 309 Å². The lowest BCUT2D eigenvalue weighted by atomic mass is 10.0. The molecule has 0 radical (unpaired) electrons. The fourth-order valence-electron chi connectivity index (χ4n) is 9.33. The Morgan fingerprint density at radius 2 is 0.771 bits per heavy atom. The SMILES string of the molecule is CCCCCCCCCC/C=C\CCCCCCCCCCCCCCCCCCCC(=O)NC(COP(=O)(O)OCC[N+](C)(C)C)C(O)/C=C/CCCCCCCCCCCCCCCCCCC. The van der Waals surface area contributed by atoms with Crippen LogP contribution in [0.25, 0.3) is 0 Å². The van der Waals surface area contributed by atoms with Gasteiger partial charge < -0.3 is 19.8 Å². The van der Waals surface area contributed by atoms with Crippen LogP contribution in [0.5, 0.6) is 0 Å². The van der Waals surface area contributed by atoms with Gasteiger partial charge in [0.15, 0.2) is 0 Å². The summed E-state index contributed by atoms with van der Waals surface area (Å²) in [7, 11) is 1.59. The number of likely N-dealkylation sites (N-methyl/N-ethyl adjacent to an activating group) is 1. The molecule has 70 heavy (non-hydrogen) atoms. The van der Waals surface area contributed by atoms with Crippen molar-refractivity contribution in [3.63, 3.8) is 0 Å². The van der Waals surface area contributed by atoms with Crippen LogP contribution in [0.4, 0.5) is 0 Å². The van der Waals surface area contributed by atoms with Crippen molar-refractivity contribution in [1.82, 2.24) is 5.32 Å². The lowest BCUT2D eigenvalue weighted by Gasteiger charge is -2.25. The molecule has 416 valence electrons. The summed E-state index contributed by atoms with van der Waals surface area (Å²) in [5.41, 5.74) is 0. The zero-order valence-electron chi connectivity index (χ0n) is 47.5. The predicted molar refractivity (Wildman–Crippen MR) is 305 cm³/mol. The second-order valence-electron chi connectivity index (χ2n) is 22.4. The van der Waals surface area contributed by atoms with Crippen LogP contribution >= 0.6 is 7.82 Å². The number of quaternary nitrogens is 1. The maximum Gasteiger partial charge on any atom is 0.472 e. The number of amides is 1. The van der Waals surface area contributed by atoms with E-state index in [1.807, 2.05) is 27.2 Å². The van der Waals surface area contributed by atoms with Crippen LogP contribution in [-0.4, -0.2) is 73.4 Å². The predicted octanol–water partition coefficient (Wildman–Crippen LogP) is 18.8. The molecular formula is C61H122N2O6P+. The van der Waals surface area contributed by atoms with Gasteiger partial charge in [0.2, 0.25) is 5.91 Å². The molecule has 0 aliphatic carbocycles. The minimum Gasteiger partial charge on any atom is -0.387 e. The van der Waals surface area contributed by atoms with E-state index in [0.717, 1.165) is 32.1 Å². The van der Waals surface area contributed by atoms with Crippen molar-refractivity contribution in [3.05, 3.63) is 24.3 Å². The van der Waals surface area contributed by atoms with E-state index in [2.05, 4.69) is 31.3 Å². The number of aliphatic hydroxyl groups excluding tert-OH is 1. The van der Waals surface area contributed by atoms with E-state index in [9.17, 15) is 19.4 Å². The van der Waals surface area contributed by atoms with Crippen LogP contribution in [-0.2, 0) is 18.4 Å². The monoisotopic (exact) mass is 1010 g/mol. The number of phosphoric acid groups is 1. The first-order valence-electron chi connectivity index (χ1n) is 30.7. The number of carbonyl (C=O) groups is 1. The number of aliphatic hydroxyl groups is 1. The van der Waals surface area contributed by atoms with E-state index in [-0.39, 0.29) is 19.1 Å². The Hall–Kier alpha value is -1.02. The lowest BCUT2D eigenvalue weighted by Crippen LogP contribution is -2.45. The van der Waals surface area contributed by atoms with Gasteiger partial charge in [0.25, 0.3) is 0 Å². The van der Waals surface area contributed by atoms with Crippen molar-refractivity contribution < 1.29 is 32.9 Å². The molecule has 0 heterocycles. The number of phosphoric ester groups is 1. The van der Waals surface area contributed by atoms with Gasteiger partial charge in [0.1, 0.15) is 13.2 Å². The third-order valence-corrected chi connectivity index (χ3v) is 15.1. The van der Waals surface area contributed by atoms with Crippen LogP contribution < -0.4 is 5.32 Å². The highest BCUT2D eigenvalue weighted by Crippen LogP contribution is 2.43. The van der Waals surface area contributed by atoms with Crippen molar-refractivity contribution >= 4 is 13.7 Å². The van der Waals surface area contributed by atoms with E-state index in [1.165, 1.54) is 257 Å². The van der Waals surface area contributed by atoms with Gasteiger partial charge in [-0.2, -0.15) is 0 Å². The number of nitrogens with one attached hydrogen (secondary N) is 1. The summed E-state index contributed by atoms with van der Waals surface area (Å²) in [4.78, 5) is 23.3. The molecule has 0 saturated carbocycles. The van der Waals surface area contributed by atoms with Gasteiger partial charge in [-0.05, 0) is 44.9 Å². The Balaban J connectivity index is 4.10. The van der Waals surface area contributed by atoms with E-state index in [4.69, 9.17) is 9.05 Å². The van der Waals surface area contributed by atoms with Crippen LogP contribution in [0.2, 0.25) is 0 Å². The molecule has 0 rings (SSSR count). The van der Waals surface area contributed by atoms with E-state index >= 15 is 0 Å². The third kappa shape index (κ3) is 54.7. The van der Waals surface area contributed by atoms with Gasteiger partial charge >= 0.3 is 7.82 Å². The maximum absolute atomic E-state index is 13.0. The van der Waals surface area contributed by atoms with Crippen LogP contribution in [0.3, 0.4) is 0 Å². The first-order chi connectivity index (χ1) is 34.0. The topological polar surface area (TPSA) is 105 Å². The molecule has 0 aliphatic rings. The lowest BCUT2D eigenvalue weighted by molar-refractivity contribution is -0.870. The minimum absolute atomic E-state index is 0.0640. The van der Waals surface area contributed by atoms with Gasteiger partial charge in [0, 0.05) is 6.42 Å². The molecule has 8 nitrogen and oxygen atoms in total. The molecule has 0 spiro atoms. The number of carbonyl (C=O) groups excluding carboxylic acids is 1. The molecule has 0 bridgehead atoms. The Morgan fingerprint density at radius 1 is 0.471 bits per heavy atom. The second kappa shape index (κ2) is 52.8. The van der Waals surface area contributed by atoms with E-state index in [1.54, 1.807) is 6.08 Å². The van der Waals surface area contributed by atoms with E-state index < -0.39 is 20.0 Å². The zero-order chi connectivity index (χ0) is 51.3. The first kappa shape index (κ1) is 69.0. The fourth-order valence-corrected chi connectivity index (χ4v) is 10.1. The molecular weight excluding hydrogens is 888 g/mol. The maximum atomic E-state index is 13.0. The number of hydrogen-bond donors (Lipinski definition) is 3. The fraction of sp³-hybridized carbons (Fsp3) is 0.918. The minimum atomic E-state index is -4.34. The summed E-state index contributed by atoms with van der Waals surface area (Å²) in [6.07, 6.45) is 67.2. The van der Waals surface area contributed by atoms with Crippen molar-refractivity contribution in [2.75, 3.05) is 40.9 Å². The normalized spacial score (nSPS) is 14.0. The molecule has 0 fully saturated rings. The van der Waals surface area contributed by atoms with E-state index in [0.29, 0.717) is 17.4 Å². The van der Waals surface area contributed by atoms with Crippen molar-refractivity contribution in [3.8, 4) is 0 Å². The number of unbranched alkanes of at least 4 members (excludes halogenated alkanes) is 42. The highest BCUT2D eigenvalue weighted by Gasteiger charge is 2.27. The van der Waals surface area contributed by atoms with Crippen molar-refractivity contribution in [2.24, 2.45) is 0 Å². The van der Waals surface area contributed by atoms with Gasteiger partial charge in [-0.3, -0.25) is 13.8 Å². The highest BCUT2D eigenvalue weighted by atomic mass is 31.2. The average Bonchev–Trinajstić information content (AvgIpc) is 3.32. The molecule has 0 aliphatic heterocycles. The molecule has 3 atom stereocenters. The number of rotatable bonds is 57. The Kier molecular flexibility index (Phi) is 52.1. The Morgan fingerprint density at radius 3 is 1.10 bits per heavy atom. The quantitative estimate of drug-likeness (QED) is 0.0243. The number of nitrogens with zero attached hydrogens (tertiary/aromatic N) is 1. The molecule has 0 saturated heterocycles. The summed E-state index contributed by atoms with van der Waals surface area (Å²) < 4.78 is 23.7. The summed E-state index contributed by atoms with van der Waals surface area (Å²) in [6, 6.07) is -0.844. The Labute approximate surface area is 436 Å². The van der Waals surface area contributed by atoms with Crippen molar-refractivity contribution in [2.45, 2.75) is 321 Å². The third-order valence-electron chi connectivity index (χ3n) is 14.2. The molecule has 0 aromatic carbocycles. The second-order valence-corrected chi connectivity index (χ2v) is 23.9. The average molecular weight is 1010 g/mol. The van der Waals surface area contributed by atoms with Crippen LogP contribution in [0, 0.1) is 0 Å². The molecule has 1 amide bonds. The highest BCUT2D eigenvalue weighted by molar-refractivity contribution is 7.47. The largest absolute Gasteiger partial charge is 0.472 e. The molecule has 0 aromatic rings. The summed E-state index contributed by atoms with van der Waals surface area (Å²) in [6.45, 7) is 4.86. The summed E-state index contributed by atoms with van der Waals surface area (Å²) >= 11 is 0. The van der Waals surface area contributed by atoms with Crippen LogP contribution in [0.15, 0.2) is 24.3 Å². The van der Waals surface area contributed by atoms with Gasteiger partial charge in [0.05, 0.1) is 39.9 Å².